The lowest BCUT2D eigenvalue weighted by atomic mass is 9.80. The zero-order chi connectivity index (χ0) is 13.1. The van der Waals surface area contributed by atoms with E-state index in [1.54, 1.807) is 18.5 Å². The van der Waals surface area contributed by atoms with E-state index in [9.17, 15) is 4.79 Å². The average molecular weight is 250 g/mol. The Morgan fingerprint density at radius 2 is 2.12 bits per heavy atom. The van der Waals surface area contributed by atoms with Gasteiger partial charge in [-0.25, -0.2) is 0 Å². The Balaban J connectivity index is 2.74. The van der Waals surface area contributed by atoms with Gasteiger partial charge < -0.3 is 5.32 Å². The van der Waals surface area contributed by atoms with E-state index in [1.165, 1.54) is 0 Å². The second kappa shape index (κ2) is 5.36. The van der Waals surface area contributed by atoms with Gasteiger partial charge in [0, 0.05) is 23.4 Å². The smallest absolute Gasteiger partial charge is 0.230 e. The monoisotopic (exact) mass is 250 g/mol. The molecular weight excluding hydrogens is 232 g/mol. The van der Waals surface area contributed by atoms with Crippen LogP contribution in [-0.4, -0.2) is 15.9 Å². The van der Waals surface area contributed by atoms with Gasteiger partial charge in [-0.1, -0.05) is 39.9 Å². The number of carbonyl (C=O) groups is 1. The van der Waals surface area contributed by atoms with E-state index >= 15 is 0 Å². The number of pyridine rings is 1. The number of aromatic nitrogens is 1. The first-order chi connectivity index (χ1) is 7.85. The van der Waals surface area contributed by atoms with E-state index in [1.807, 2.05) is 33.8 Å². The van der Waals surface area contributed by atoms with Gasteiger partial charge in [0.25, 0.3) is 0 Å². The Morgan fingerprint density at radius 1 is 1.47 bits per heavy atom. The molecule has 1 rings (SSSR count). The predicted molar refractivity (Wildman–Crippen MR) is 72.7 cm³/mol. The molecule has 0 fully saturated rings. The number of hydrogen-bond acceptors (Lipinski definition) is 3. The van der Waals surface area contributed by atoms with Crippen molar-refractivity contribution in [3.63, 3.8) is 0 Å². The maximum absolute atomic E-state index is 12.1. The molecule has 3 nitrogen and oxygen atoms in total. The largest absolute Gasteiger partial charge is 0.316 e. The third-order valence-electron chi connectivity index (χ3n) is 3.18. The first kappa shape index (κ1) is 13.8. The minimum Gasteiger partial charge on any atom is -0.316 e. The fourth-order valence-corrected chi connectivity index (χ4v) is 1.31. The van der Waals surface area contributed by atoms with E-state index < -0.39 is 5.41 Å². The van der Waals surface area contributed by atoms with Crippen LogP contribution in [0.25, 0.3) is 0 Å². The molecule has 4 heteroatoms. The summed E-state index contributed by atoms with van der Waals surface area (Å²) >= 11 is 5.18. The highest BCUT2D eigenvalue weighted by Gasteiger charge is 2.31. The third-order valence-corrected chi connectivity index (χ3v) is 3.52. The molecule has 0 aliphatic carbocycles. The minimum absolute atomic E-state index is 0.0543. The Kier molecular flexibility index (Phi) is 4.34. The topological polar surface area (TPSA) is 42.0 Å². The highest BCUT2D eigenvalue weighted by Crippen LogP contribution is 2.26. The maximum atomic E-state index is 12.1. The first-order valence-corrected chi connectivity index (χ1v) is 6.02. The van der Waals surface area contributed by atoms with Crippen molar-refractivity contribution < 1.29 is 4.79 Å². The average Bonchev–Trinajstić information content (AvgIpc) is 2.29. The van der Waals surface area contributed by atoms with Crippen LogP contribution in [0.1, 0.15) is 33.3 Å². The summed E-state index contributed by atoms with van der Waals surface area (Å²) in [6.45, 7) is 7.87. The standard InChI is InChI=1S/C13H18N2OS/c1-9(2)13(3,4)12(16)15-11(17)10-6-5-7-14-8-10/h5-9H,1-4H3,(H,15,16,17). The van der Waals surface area contributed by atoms with Gasteiger partial charge in [-0.05, 0) is 18.1 Å². The van der Waals surface area contributed by atoms with Gasteiger partial charge in [0.15, 0.2) is 0 Å². The zero-order valence-corrected chi connectivity index (χ0v) is 11.5. The molecule has 0 aliphatic rings. The Bertz CT molecular complexity index is 413. The van der Waals surface area contributed by atoms with Gasteiger partial charge in [0.2, 0.25) is 5.91 Å². The molecule has 0 bridgehead atoms. The van der Waals surface area contributed by atoms with Crippen LogP contribution >= 0.6 is 12.2 Å². The zero-order valence-electron chi connectivity index (χ0n) is 10.7. The van der Waals surface area contributed by atoms with E-state index in [0.29, 0.717) is 4.99 Å². The van der Waals surface area contributed by atoms with Crippen molar-refractivity contribution in [3.05, 3.63) is 30.1 Å². The fraction of sp³-hybridized carbons (Fsp3) is 0.462. The van der Waals surface area contributed by atoms with E-state index in [0.717, 1.165) is 5.56 Å². The summed E-state index contributed by atoms with van der Waals surface area (Å²) in [5, 5.41) is 2.77. The highest BCUT2D eigenvalue weighted by atomic mass is 32.1. The van der Waals surface area contributed by atoms with Crippen molar-refractivity contribution in [2.75, 3.05) is 0 Å². The number of hydrogen-bond donors (Lipinski definition) is 1. The lowest BCUT2D eigenvalue weighted by Crippen LogP contribution is -2.42. The fourth-order valence-electron chi connectivity index (χ4n) is 1.10. The summed E-state index contributed by atoms with van der Waals surface area (Å²) in [5.74, 6) is 0.195. The molecule has 92 valence electrons. The number of thiocarbonyl (C=S) groups is 1. The number of rotatable bonds is 3. The normalized spacial score (nSPS) is 11.4. The van der Waals surface area contributed by atoms with E-state index in [4.69, 9.17) is 12.2 Å². The molecule has 1 amide bonds. The quantitative estimate of drug-likeness (QED) is 0.838. The molecule has 17 heavy (non-hydrogen) atoms. The van der Waals surface area contributed by atoms with Crippen LogP contribution in [0, 0.1) is 11.3 Å². The van der Waals surface area contributed by atoms with Gasteiger partial charge in [-0.15, -0.1) is 0 Å². The molecule has 0 saturated carbocycles. The Hall–Kier alpha value is -1.29. The molecule has 1 heterocycles. The van der Waals surface area contributed by atoms with Crippen molar-refractivity contribution in [3.8, 4) is 0 Å². The van der Waals surface area contributed by atoms with Crippen LogP contribution in [0.5, 0.6) is 0 Å². The van der Waals surface area contributed by atoms with Crippen LogP contribution in [0.3, 0.4) is 0 Å². The third kappa shape index (κ3) is 3.33. The number of carbonyl (C=O) groups excluding carboxylic acids is 1. The van der Waals surface area contributed by atoms with Crippen LogP contribution in [0.2, 0.25) is 0 Å². The predicted octanol–water partition coefficient (Wildman–Crippen LogP) is 2.56. The molecule has 0 aliphatic heterocycles. The van der Waals surface area contributed by atoms with E-state index in [-0.39, 0.29) is 11.8 Å². The molecule has 1 aromatic heterocycles. The lowest BCUT2D eigenvalue weighted by molar-refractivity contribution is -0.129. The molecule has 0 unspecified atom stereocenters. The lowest BCUT2D eigenvalue weighted by Gasteiger charge is -2.27. The van der Waals surface area contributed by atoms with Gasteiger partial charge >= 0.3 is 0 Å². The highest BCUT2D eigenvalue weighted by molar-refractivity contribution is 7.80. The van der Waals surface area contributed by atoms with Crippen LogP contribution in [-0.2, 0) is 4.79 Å². The SMILES string of the molecule is CC(C)C(C)(C)C(=O)NC(=S)c1cccnc1. The number of nitrogens with one attached hydrogen (secondary N) is 1. The van der Waals surface area contributed by atoms with Gasteiger partial charge in [0.1, 0.15) is 4.99 Å². The number of nitrogens with zero attached hydrogens (tertiary/aromatic N) is 1. The van der Waals surface area contributed by atoms with Crippen LogP contribution < -0.4 is 5.32 Å². The molecule has 0 atom stereocenters. The maximum Gasteiger partial charge on any atom is 0.230 e. The summed E-state index contributed by atoms with van der Waals surface area (Å²) in [4.78, 5) is 16.5. The van der Waals surface area contributed by atoms with E-state index in [2.05, 4.69) is 10.3 Å². The van der Waals surface area contributed by atoms with Crippen LogP contribution in [0.4, 0.5) is 0 Å². The summed E-state index contributed by atoms with van der Waals surface area (Å²) in [5.41, 5.74) is 0.321. The van der Waals surface area contributed by atoms with Crippen molar-refractivity contribution in [1.82, 2.24) is 10.3 Å². The van der Waals surface area contributed by atoms with Gasteiger partial charge in [-0.2, -0.15) is 0 Å². The van der Waals surface area contributed by atoms with Gasteiger partial charge in [0.05, 0.1) is 0 Å². The molecule has 0 spiro atoms. The number of amides is 1. The Morgan fingerprint density at radius 3 is 2.59 bits per heavy atom. The summed E-state index contributed by atoms with van der Waals surface area (Å²) < 4.78 is 0. The second-order valence-electron chi connectivity index (χ2n) is 4.90. The first-order valence-electron chi connectivity index (χ1n) is 5.61. The van der Waals surface area contributed by atoms with Crippen LogP contribution in [0.15, 0.2) is 24.5 Å². The van der Waals surface area contributed by atoms with Gasteiger partial charge in [-0.3, -0.25) is 9.78 Å². The minimum atomic E-state index is -0.438. The molecular formula is C13H18N2OS. The van der Waals surface area contributed by atoms with Crippen molar-refractivity contribution in [1.29, 1.82) is 0 Å². The molecule has 0 saturated heterocycles. The summed E-state index contributed by atoms with van der Waals surface area (Å²) in [6, 6.07) is 3.62. The van der Waals surface area contributed by atoms with Crippen molar-refractivity contribution >= 4 is 23.1 Å². The second-order valence-corrected chi connectivity index (χ2v) is 5.31. The molecule has 1 aromatic rings. The molecule has 0 aromatic carbocycles. The molecule has 0 radical (unpaired) electrons. The van der Waals surface area contributed by atoms with Crippen molar-refractivity contribution in [2.24, 2.45) is 11.3 Å². The molecule has 1 N–H and O–H groups in total. The Labute approximate surface area is 108 Å². The summed E-state index contributed by atoms with van der Waals surface area (Å²) in [6.07, 6.45) is 3.32. The van der Waals surface area contributed by atoms with Crippen molar-refractivity contribution in [2.45, 2.75) is 27.7 Å². The summed E-state index contributed by atoms with van der Waals surface area (Å²) in [7, 11) is 0.